The number of nitrogens with one attached hydrogen (secondary N) is 1. The molecule has 2 heterocycles. The zero-order valence-corrected chi connectivity index (χ0v) is 12.2. The third-order valence-corrected chi connectivity index (χ3v) is 4.03. The van der Waals surface area contributed by atoms with E-state index in [4.69, 9.17) is 0 Å². The van der Waals surface area contributed by atoms with E-state index in [9.17, 15) is 5.11 Å². The van der Waals surface area contributed by atoms with Gasteiger partial charge in [-0.2, -0.15) is 0 Å². The fraction of sp³-hybridized carbons (Fsp3) is 0.400. The fourth-order valence-electron chi connectivity index (χ4n) is 1.90. The van der Waals surface area contributed by atoms with Crippen LogP contribution in [0.15, 0.2) is 35.8 Å². The van der Waals surface area contributed by atoms with E-state index in [1.165, 1.54) is 5.56 Å². The van der Waals surface area contributed by atoms with Crippen LogP contribution in [0.2, 0.25) is 0 Å². The van der Waals surface area contributed by atoms with Crippen LogP contribution >= 0.6 is 11.3 Å². The lowest BCUT2D eigenvalue weighted by Gasteiger charge is -2.17. The molecule has 0 fully saturated rings. The number of aliphatic hydroxyl groups excluding tert-OH is 1. The fourth-order valence-corrected chi connectivity index (χ4v) is 2.62. The van der Waals surface area contributed by atoms with E-state index in [2.05, 4.69) is 23.3 Å². The molecule has 0 aliphatic carbocycles. The summed E-state index contributed by atoms with van der Waals surface area (Å²) in [5.41, 5.74) is 2.20. The van der Waals surface area contributed by atoms with Crippen LogP contribution in [-0.2, 0) is 6.54 Å². The van der Waals surface area contributed by atoms with Crippen LogP contribution < -0.4 is 5.32 Å². The SMILES string of the molecule is Cc1ccc(CN[C@@H](C)C[C@@H](O)c2cccs2)nc1. The number of nitrogens with zero attached hydrogens (tertiary/aromatic N) is 1. The lowest BCUT2D eigenvalue weighted by atomic mass is 10.1. The van der Waals surface area contributed by atoms with E-state index in [1.54, 1.807) is 11.3 Å². The first-order chi connectivity index (χ1) is 9.15. The zero-order valence-electron chi connectivity index (χ0n) is 11.3. The summed E-state index contributed by atoms with van der Waals surface area (Å²) in [6.07, 6.45) is 2.21. The summed E-state index contributed by atoms with van der Waals surface area (Å²) in [4.78, 5) is 5.39. The van der Waals surface area contributed by atoms with Crippen LogP contribution in [0, 0.1) is 6.92 Å². The number of hydrogen-bond donors (Lipinski definition) is 2. The Hall–Kier alpha value is -1.23. The third kappa shape index (κ3) is 4.42. The van der Waals surface area contributed by atoms with Crippen LogP contribution in [-0.4, -0.2) is 16.1 Å². The molecular weight excluding hydrogens is 256 g/mol. The highest BCUT2D eigenvalue weighted by Crippen LogP contribution is 2.22. The summed E-state index contributed by atoms with van der Waals surface area (Å²) in [6, 6.07) is 8.29. The third-order valence-electron chi connectivity index (χ3n) is 3.05. The van der Waals surface area contributed by atoms with Crippen LogP contribution in [0.5, 0.6) is 0 Å². The van der Waals surface area contributed by atoms with E-state index in [1.807, 2.05) is 36.7 Å². The predicted octanol–water partition coefficient (Wildman–Crippen LogP) is 3.05. The van der Waals surface area contributed by atoms with Crippen molar-refractivity contribution >= 4 is 11.3 Å². The van der Waals surface area contributed by atoms with Gasteiger partial charge in [-0.05, 0) is 43.3 Å². The maximum Gasteiger partial charge on any atom is 0.0896 e. The second-order valence-electron chi connectivity index (χ2n) is 4.88. The van der Waals surface area contributed by atoms with Gasteiger partial charge in [-0.1, -0.05) is 12.1 Å². The molecule has 2 N–H and O–H groups in total. The Morgan fingerprint density at radius 1 is 1.37 bits per heavy atom. The van der Waals surface area contributed by atoms with Crippen LogP contribution in [0.3, 0.4) is 0 Å². The minimum atomic E-state index is -0.381. The summed E-state index contributed by atoms with van der Waals surface area (Å²) in [6.45, 7) is 4.86. The van der Waals surface area contributed by atoms with Gasteiger partial charge in [0, 0.05) is 23.7 Å². The number of rotatable bonds is 6. The minimum Gasteiger partial charge on any atom is -0.388 e. The highest BCUT2D eigenvalue weighted by atomic mass is 32.1. The van der Waals surface area contributed by atoms with Crippen LogP contribution in [0.25, 0.3) is 0 Å². The van der Waals surface area contributed by atoms with E-state index in [-0.39, 0.29) is 12.1 Å². The number of aryl methyl sites for hydroxylation is 1. The highest BCUT2D eigenvalue weighted by molar-refractivity contribution is 7.10. The lowest BCUT2D eigenvalue weighted by molar-refractivity contribution is 0.157. The molecule has 4 heteroatoms. The van der Waals surface area contributed by atoms with Crippen molar-refractivity contribution in [3.05, 3.63) is 52.0 Å². The maximum absolute atomic E-state index is 10.1. The zero-order chi connectivity index (χ0) is 13.7. The van der Waals surface area contributed by atoms with Gasteiger partial charge in [0.15, 0.2) is 0 Å². The molecule has 19 heavy (non-hydrogen) atoms. The molecule has 0 aliphatic rings. The topological polar surface area (TPSA) is 45.1 Å². The molecule has 0 radical (unpaired) electrons. The summed E-state index contributed by atoms with van der Waals surface area (Å²) in [5.74, 6) is 0. The second kappa shape index (κ2) is 6.80. The van der Waals surface area contributed by atoms with E-state index in [0.29, 0.717) is 6.42 Å². The highest BCUT2D eigenvalue weighted by Gasteiger charge is 2.12. The molecule has 0 saturated carbocycles. The maximum atomic E-state index is 10.1. The molecule has 0 bridgehead atoms. The number of aliphatic hydroxyl groups is 1. The average molecular weight is 276 g/mol. The normalized spacial score (nSPS) is 14.3. The average Bonchev–Trinajstić information content (AvgIpc) is 2.92. The van der Waals surface area contributed by atoms with Crippen molar-refractivity contribution in [1.29, 1.82) is 0 Å². The Morgan fingerprint density at radius 3 is 2.84 bits per heavy atom. The summed E-state index contributed by atoms with van der Waals surface area (Å²) >= 11 is 1.60. The van der Waals surface area contributed by atoms with Crippen molar-refractivity contribution in [3.63, 3.8) is 0 Å². The predicted molar refractivity (Wildman–Crippen MR) is 79.2 cm³/mol. The van der Waals surface area contributed by atoms with Gasteiger partial charge in [0.1, 0.15) is 0 Å². The Kier molecular flexibility index (Phi) is 5.07. The molecule has 0 aromatic carbocycles. The molecular formula is C15H20N2OS. The Balaban J connectivity index is 1.78. The van der Waals surface area contributed by atoms with E-state index >= 15 is 0 Å². The molecule has 2 aromatic rings. The standard InChI is InChI=1S/C15H20N2OS/c1-11-5-6-13(17-9-11)10-16-12(2)8-14(18)15-4-3-7-19-15/h3-7,9,12,14,16,18H,8,10H2,1-2H3/t12-,14+/m0/s1. The summed E-state index contributed by atoms with van der Waals surface area (Å²) in [7, 11) is 0. The molecule has 2 atom stereocenters. The van der Waals surface area contributed by atoms with Crippen molar-refractivity contribution in [2.45, 2.75) is 39.0 Å². The van der Waals surface area contributed by atoms with Crippen LogP contribution in [0.1, 0.15) is 35.6 Å². The van der Waals surface area contributed by atoms with E-state index in [0.717, 1.165) is 17.1 Å². The van der Waals surface area contributed by atoms with Gasteiger partial charge in [0.25, 0.3) is 0 Å². The van der Waals surface area contributed by atoms with Gasteiger partial charge in [0.05, 0.1) is 11.8 Å². The molecule has 0 amide bonds. The number of hydrogen-bond acceptors (Lipinski definition) is 4. The van der Waals surface area contributed by atoms with Gasteiger partial charge in [-0.15, -0.1) is 11.3 Å². The van der Waals surface area contributed by atoms with Crippen molar-refractivity contribution in [2.75, 3.05) is 0 Å². The van der Waals surface area contributed by atoms with Crippen molar-refractivity contribution < 1.29 is 5.11 Å². The molecule has 2 aromatic heterocycles. The smallest absolute Gasteiger partial charge is 0.0896 e. The Labute approximate surface area is 118 Å². The molecule has 0 saturated heterocycles. The Bertz CT molecular complexity index is 481. The molecule has 2 rings (SSSR count). The Morgan fingerprint density at radius 2 is 2.21 bits per heavy atom. The first-order valence-corrected chi connectivity index (χ1v) is 7.39. The summed E-state index contributed by atoms with van der Waals surface area (Å²) in [5, 5.41) is 15.5. The largest absolute Gasteiger partial charge is 0.388 e. The first kappa shape index (κ1) is 14.2. The summed E-state index contributed by atoms with van der Waals surface area (Å²) < 4.78 is 0. The molecule has 0 spiro atoms. The van der Waals surface area contributed by atoms with Gasteiger partial charge in [-0.25, -0.2) is 0 Å². The molecule has 102 valence electrons. The lowest BCUT2D eigenvalue weighted by Crippen LogP contribution is -2.27. The van der Waals surface area contributed by atoms with Crippen molar-refractivity contribution in [1.82, 2.24) is 10.3 Å². The van der Waals surface area contributed by atoms with Gasteiger partial charge >= 0.3 is 0 Å². The second-order valence-corrected chi connectivity index (χ2v) is 5.86. The van der Waals surface area contributed by atoms with Gasteiger partial charge in [0.2, 0.25) is 0 Å². The number of aromatic nitrogens is 1. The van der Waals surface area contributed by atoms with Gasteiger partial charge in [-0.3, -0.25) is 4.98 Å². The quantitative estimate of drug-likeness (QED) is 0.852. The number of thiophene rings is 1. The van der Waals surface area contributed by atoms with Crippen molar-refractivity contribution in [3.8, 4) is 0 Å². The molecule has 0 aliphatic heterocycles. The first-order valence-electron chi connectivity index (χ1n) is 6.51. The molecule has 3 nitrogen and oxygen atoms in total. The minimum absolute atomic E-state index is 0.250. The number of pyridine rings is 1. The van der Waals surface area contributed by atoms with E-state index < -0.39 is 0 Å². The van der Waals surface area contributed by atoms with Crippen molar-refractivity contribution in [2.24, 2.45) is 0 Å². The molecule has 0 unspecified atom stereocenters. The van der Waals surface area contributed by atoms with Gasteiger partial charge < -0.3 is 10.4 Å². The monoisotopic (exact) mass is 276 g/mol. The van der Waals surface area contributed by atoms with Crippen LogP contribution in [0.4, 0.5) is 0 Å².